The van der Waals surface area contributed by atoms with E-state index in [2.05, 4.69) is 16.7 Å². The minimum Gasteiger partial charge on any atom is -0.392 e. The van der Waals surface area contributed by atoms with E-state index in [0.717, 1.165) is 18.9 Å². The number of amides is 1. The summed E-state index contributed by atoms with van der Waals surface area (Å²) in [5.74, 6) is 1.03. The fourth-order valence-electron chi connectivity index (χ4n) is 3.15. The van der Waals surface area contributed by atoms with E-state index >= 15 is 0 Å². The Bertz CT molecular complexity index is 326. The number of nitrogens with zero attached hydrogens (tertiary/aromatic N) is 2. The van der Waals surface area contributed by atoms with Crippen molar-refractivity contribution >= 4 is 5.91 Å². The van der Waals surface area contributed by atoms with Gasteiger partial charge in [0.1, 0.15) is 0 Å². The van der Waals surface area contributed by atoms with Crippen LogP contribution in [0.15, 0.2) is 0 Å². The second-order valence-electron chi connectivity index (χ2n) is 6.29. The summed E-state index contributed by atoms with van der Waals surface area (Å²) in [6, 6.07) is 0.943. The molecule has 4 nitrogen and oxygen atoms in total. The first-order valence-corrected chi connectivity index (χ1v) is 7.36. The maximum Gasteiger partial charge on any atom is 0.237 e. The van der Waals surface area contributed by atoms with Crippen molar-refractivity contribution in [2.24, 2.45) is 5.92 Å². The lowest BCUT2D eigenvalue weighted by Crippen LogP contribution is -2.46. The predicted octanol–water partition coefficient (Wildman–Crippen LogP) is 0.842. The Morgan fingerprint density at radius 1 is 1.33 bits per heavy atom. The van der Waals surface area contributed by atoms with Crippen LogP contribution in [0.1, 0.15) is 39.0 Å². The molecule has 3 rings (SSSR count). The molecule has 1 unspecified atom stereocenters. The van der Waals surface area contributed by atoms with E-state index in [1.54, 1.807) is 0 Å². The minimum atomic E-state index is -0.229. The normalized spacial score (nSPS) is 30.4. The van der Waals surface area contributed by atoms with Gasteiger partial charge in [0.25, 0.3) is 0 Å². The zero-order chi connectivity index (χ0) is 12.7. The van der Waals surface area contributed by atoms with Crippen LogP contribution in [0, 0.1) is 5.92 Å². The zero-order valence-electron chi connectivity index (χ0n) is 11.2. The van der Waals surface area contributed by atoms with Crippen LogP contribution >= 0.6 is 0 Å². The van der Waals surface area contributed by atoms with Gasteiger partial charge >= 0.3 is 0 Å². The zero-order valence-corrected chi connectivity index (χ0v) is 11.2. The highest BCUT2D eigenvalue weighted by Gasteiger charge is 2.42. The largest absolute Gasteiger partial charge is 0.392 e. The Kier molecular flexibility index (Phi) is 3.32. The third-order valence-corrected chi connectivity index (χ3v) is 4.58. The Morgan fingerprint density at radius 3 is 2.56 bits per heavy atom. The molecule has 0 aromatic heterocycles. The summed E-state index contributed by atoms with van der Waals surface area (Å²) in [7, 11) is 0. The molecule has 0 spiro atoms. The van der Waals surface area contributed by atoms with Crippen molar-refractivity contribution in [2.45, 2.75) is 57.2 Å². The molecule has 1 heterocycles. The van der Waals surface area contributed by atoms with Gasteiger partial charge in [0.15, 0.2) is 0 Å². The van der Waals surface area contributed by atoms with E-state index in [0.29, 0.717) is 25.2 Å². The molecule has 0 aromatic rings. The number of hydrogen-bond acceptors (Lipinski definition) is 3. The van der Waals surface area contributed by atoms with Crippen molar-refractivity contribution in [3.63, 3.8) is 0 Å². The van der Waals surface area contributed by atoms with Gasteiger partial charge in [-0.1, -0.05) is 0 Å². The van der Waals surface area contributed by atoms with Crippen molar-refractivity contribution in [2.75, 3.05) is 19.6 Å². The van der Waals surface area contributed by atoms with Crippen molar-refractivity contribution in [3.05, 3.63) is 0 Å². The van der Waals surface area contributed by atoms with Gasteiger partial charge in [0.05, 0.1) is 12.6 Å². The topological polar surface area (TPSA) is 43.8 Å². The Balaban J connectivity index is 1.57. The Hall–Kier alpha value is -0.610. The van der Waals surface area contributed by atoms with E-state index in [4.69, 9.17) is 0 Å². The molecule has 102 valence electrons. The predicted molar refractivity (Wildman–Crippen MR) is 69.1 cm³/mol. The standard InChI is InChI=1S/C14H24N2O2/c1-10(11-2-3-11)16(12-4-5-12)14(18)9-15-7-6-13(17)8-15/h10-13,17H,2-9H2,1H3/t10?,13-/m0/s1. The molecule has 2 atom stereocenters. The first-order valence-electron chi connectivity index (χ1n) is 7.36. The summed E-state index contributed by atoms with van der Waals surface area (Å²) in [5, 5.41) is 9.51. The molecular weight excluding hydrogens is 228 g/mol. The van der Waals surface area contributed by atoms with Crippen molar-refractivity contribution in [1.29, 1.82) is 0 Å². The minimum absolute atomic E-state index is 0.229. The number of carbonyl (C=O) groups excluding carboxylic acids is 1. The maximum absolute atomic E-state index is 12.5. The number of aliphatic hydroxyl groups is 1. The fourth-order valence-corrected chi connectivity index (χ4v) is 3.15. The van der Waals surface area contributed by atoms with E-state index in [1.807, 2.05) is 0 Å². The molecule has 1 saturated heterocycles. The molecular formula is C14H24N2O2. The molecule has 2 aliphatic carbocycles. The average molecular weight is 252 g/mol. The third-order valence-electron chi connectivity index (χ3n) is 4.58. The maximum atomic E-state index is 12.5. The van der Waals surface area contributed by atoms with Crippen LogP contribution in [0.4, 0.5) is 0 Å². The monoisotopic (exact) mass is 252 g/mol. The Labute approximate surface area is 109 Å². The molecule has 1 N–H and O–H groups in total. The van der Waals surface area contributed by atoms with Crippen LogP contribution in [-0.2, 0) is 4.79 Å². The van der Waals surface area contributed by atoms with Gasteiger partial charge in [-0.25, -0.2) is 0 Å². The number of β-amino-alcohol motifs (C(OH)–C–C–N with tert-alkyl or cyclic N) is 1. The molecule has 1 aliphatic heterocycles. The molecule has 2 saturated carbocycles. The van der Waals surface area contributed by atoms with E-state index in [1.165, 1.54) is 25.7 Å². The summed E-state index contributed by atoms with van der Waals surface area (Å²) in [6.45, 7) is 4.25. The summed E-state index contributed by atoms with van der Waals surface area (Å²) < 4.78 is 0. The van der Waals surface area contributed by atoms with Crippen molar-refractivity contribution < 1.29 is 9.90 Å². The summed E-state index contributed by atoms with van der Waals surface area (Å²) in [4.78, 5) is 16.7. The summed E-state index contributed by atoms with van der Waals surface area (Å²) in [6.07, 6.45) is 5.54. The SMILES string of the molecule is CC(C1CC1)N(C(=O)CN1CC[C@H](O)C1)C1CC1. The smallest absolute Gasteiger partial charge is 0.237 e. The lowest BCUT2D eigenvalue weighted by Gasteiger charge is -2.31. The number of likely N-dealkylation sites (tertiary alicyclic amines) is 1. The van der Waals surface area contributed by atoms with E-state index in [-0.39, 0.29) is 12.0 Å². The van der Waals surface area contributed by atoms with Crippen LogP contribution in [0.5, 0.6) is 0 Å². The second-order valence-corrected chi connectivity index (χ2v) is 6.29. The van der Waals surface area contributed by atoms with E-state index < -0.39 is 0 Å². The van der Waals surface area contributed by atoms with Gasteiger partial charge in [0, 0.05) is 25.2 Å². The van der Waals surface area contributed by atoms with Crippen molar-refractivity contribution in [3.8, 4) is 0 Å². The first kappa shape index (κ1) is 12.4. The quantitative estimate of drug-likeness (QED) is 0.788. The third kappa shape index (κ3) is 2.69. The van der Waals surface area contributed by atoms with E-state index in [9.17, 15) is 9.90 Å². The summed E-state index contributed by atoms with van der Waals surface area (Å²) >= 11 is 0. The molecule has 0 aromatic carbocycles. The molecule has 0 radical (unpaired) electrons. The van der Waals surface area contributed by atoms with Gasteiger partial charge in [-0.15, -0.1) is 0 Å². The average Bonchev–Trinajstić information content (AvgIpc) is 3.20. The molecule has 3 fully saturated rings. The van der Waals surface area contributed by atoms with Crippen LogP contribution in [0.2, 0.25) is 0 Å². The van der Waals surface area contributed by atoms with Gasteiger partial charge in [0.2, 0.25) is 5.91 Å². The number of hydrogen-bond donors (Lipinski definition) is 1. The highest BCUT2D eigenvalue weighted by atomic mass is 16.3. The molecule has 18 heavy (non-hydrogen) atoms. The molecule has 1 amide bonds. The Morgan fingerprint density at radius 2 is 2.06 bits per heavy atom. The first-order chi connectivity index (χ1) is 8.65. The van der Waals surface area contributed by atoms with Crippen LogP contribution < -0.4 is 0 Å². The lowest BCUT2D eigenvalue weighted by molar-refractivity contribution is -0.135. The van der Waals surface area contributed by atoms with Gasteiger partial charge in [-0.2, -0.15) is 0 Å². The summed E-state index contributed by atoms with van der Waals surface area (Å²) in [5.41, 5.74) is 0. The lowest BCUT2D eigenvalue weighted by atomic mass is 10.1. The number of carbonyl (C=O) groups is 1. The number of rotatable bonds is 5. The second kappa shape index (κ2) is 4.82. The molecule has 4 heteroatoms. The highest BCUT2D eigenvalue weighted by Crippen LogP contribution is 2.39. The fraction of sp³-hybridized carbons (Fsp3) is 0.929. The van der Waals surface area contributed by atoms with Crippen LogP contribution in [-0.4, -0.2) is 58.6 Å². The van der Waals surface area contributed by atoms with Gasteiger partial charge < -0.3 is 10.0 Å². The number of aliphatic hydroxyl groups excluding tert-OH is 1. The van der Waals surface area contributed by atoms with Gasteiger partial charge in [-0.05, 0) is 44.9 Å². The molecule has 0 bridgehead atoms. The van der Waals surface area contributed by atoms with Crippen molar-refractivity contribution in [1.82, 2.24) is 9.80 Å². The van der Waals surface area contributed by atoms with Crippen LogP contribution in [0.3, 0.4) is 0 Å². The highest BCUT2D eigenvalue weighted by molar-refractivity contribution is 5.79. The molecule has 3 aliphatic rings. The van der Waals surface area contributed by atoms with Crippen LogP contribution in [0.25, 0.3) is 0 Å². The van der Waals surface area contributed by atoms with Gasteiger partial charge in [-0.3, -0.25) is 9.69 Å².